The largest absolute Gasteiger partial charge is 0.337 e. The van der Waals surface area contributed by atoms with Crippen LogP contribution in [0.4, 0.5) is 4.39 Å². The topological polar surface area (TPSA) is 23.6 Å². The van der Waals surface area contributed by atoms with Gasteiger partial charge in [0.25, 0.3) is 0 Å². The lowest BCUT2D eigenvalue weighted by Crippen LogP contribution is -2.43. The molecule has 1 aliphatic carbocycles. The number of amides is 1. The Morgan fingerprint density at radius 3 is 2.55 bits per heavy atom. The minimum Gasteiger partial charge on any atom is -0.337 e. The van der Waals surface area contributed by atoms with E-state index < -0.39 is 0 Å². The Labute approximate surface area is 132 Å². The molecule has 1 amide bonds. The Morgan fingerprint density at radius 2 is 1.91 bits per heavy atom. The average molecular weight is 304 g/mol. The van der Waals surface area contributed by atoms with Gasteiger partial charge in [0.05, 0.1) is 0 Å². The van der Waals surface area contributed by atoms with Crippen LogP contribution >= 0.6 is 0 Å². The zero-order chi connectivity index (χ0) is 15.5. The van der Waals surface area contributed by atoms with Crippen LogP contribution in [0.5, 0.6) is 0 Å². The van der Waals surface area contributed by atoms with Crippen LogP contribution in [-0.4, -0.2) is 41.4 Å². The second-order valence-corrected chi connectivity index (χ2v) is 6.66. The number of carbonyl (C=O) groups is 1. The number of nitrogens with zero attached hydrogens (tertiary/aromatic N) is 2. The first kappa shape index (κ1) is 15.5. The number of hydrogen-bond donors (Lipinski definition) is 0. The fourth-order valence-electron chi connectivity index (χ4n) is 3.49. The molecule has 1 unspecified atom stereocenters. The molecule has 1 aliphatic heterocycles. The van der Waals surface area contributed by atoms with Crippen LogP contribution in [-0.2, 0) is 11.3 Å². The van der Waals surface area contributed by atoms with Gasteiger partial charge < -0.3 is 4.90 Å². The van der Waals surface area contributed by atoms with Crippen molar-refractivity contribution in [2.45, 2.75) is 45.2 Å². The minimum atomic E-state index is -0.230. The Bertz CT molecular complexity index is 512. The summed E-state index contributed by atoms with van der Waals surface area (Å²) in [4.78, 5) is 16.7. The number of halogens is 1. The summed E-state index contributed by atoms with van der Waals surface area (Å²) in [5.41, 5.74) is 0.996. The molecule has 1 saturated carbocycles. The SMILES string of the molecule is CC(C1CCC1)N1CCC(=O)N(Cc2ccc(F)cc2)CC1. The molecule has 1 heterocycles. The van der Waals surface area contributed by atoms with Crippen molar-refractivity contribution < 1.29 is 9.18 Å². The fourth-order valence-corrected chi connectivity index (χ4v) is 3.49. The highest BCUT2D eigenvalue weighted by molar-refractivity contribution is 5.76. The number of carbonyl (C=O) groups excluding carboxylic acids is 1. The Morgan fingerprint density at radius 1 is 1.18 bits per heavy atom. The van der Waals surface area contributed by atoms with Gasteiger partial charge in [-0.05, 0) is 43.4 Å². The van der Waals surface area contributed by atoms with Gasteiger partial charge in [0.1, 0.15) is 5.82 Å². The van der Waals surface area contributed by atoms with Gasteiger partial charge in [-0.15, -0.1) is 0 Å². The maximum Gasteiger partial charge on any atom is 0.224 e. The molecular formula is C18H25FN2O. The molecule has 0 aromatic heterocycles. The van der Waals surface area contributed by atoms with E-state index in [2.05, 4.69) is 11.8 Å². The van der Waals surface area contributed by atoms with Crippen molar-refractivity contribution in [3.8, 4) is 0 Å². The molecule has 22 heavy (non-hydrogen) atoms. The lowest BCUT2D eigenvalue weighted by molar-refractivity contribution is -0.130. The summed E-state index contributed by atoms with van der Waals surface area (Å²) in [6, 6.07) is 7.04. The van der Waals surface area contributed by atoms with Gasteiger partial charge in [0.2, 0.25) is 5.91 Å². The zero-order valence-corrected chi connectivity index (χ0v) is 13.3. The first-order valence-electron chi connectivity index (χ1n) is 8.40. The van der Waals surface area contributed by atoms with Gasteiger partial charge >= 0.3 is 0 Å². The first-order valence-corrected chi connectivity index (χ1v) is 8.40. The van der Waals surface area contributed by atoms with Crippen LogP contribution in [0.3, 0.4) is 0 Å². The van der Waals surface area contributed by atoms with Crippen molar-refractivity contribution in [2.75, 3.05) is 19.6 Å². The molecule has 3 nitrogen and oxygen atoms in total. The van der Waals surface area contributed by atoms with Crippen molar-refractivity contribution >= 4 is 5.91 Å². The highest BCUT2D eigenvalue weighted by Crippen LogP contribution is 2.32. The molecule has 0 radical (unpaired) electrons. The monoisotopic (exact) mass is 304 g/mol. The summed E-state index contributed by atoms with van der Waals surface area (Å²) in [5.74, 6) is 0.804. The Hall–Kier alpha value is -1.42. The van der Waals surface area contributed by atoms with E-state index in [0.29, 0.717) is 19.0 Å². The summed E-state index contributed by atoms with van der Waals surface area (Å²) >= 11 is 0. The second-order valence-electron chi connectivity index (χ2n) is 6.66. The molecule has 2 fully saturated rings. The van der Waals surface area contributed by atoms with Crippen molar-refractivity contribution in [1.29, 1.82) is 0 Å². The standard InChI is InChI=1S/C18H25FN2O/c1-14(16-3-2-4-16)20-10-9-18(22)21(12-11-20)13-15-5-7-17(19)8-6-15/h5-8,14,16H,2-4,9-13H2,1H3. The van der Waals surface area contributed by atoms with Gasteiger partial charge in [0, 0.05) is 38.6 Å². The smallest absolute Gasteiger partial charge is 0.224 e. The summed E-state index contributed by atoms with van der Waals surface area (Å²) in [5, 5.41) is 0. The van der Waals surface area contributed by atoms with E-state index >= 15 is 0 Å². The number of hydrogen-bond acceptors (Lipinski definition) is 2. The van der Waals surface area contributed by atoms with Crippen LogP contribution in [0.15, 0.2) is 24.3 Å². The molecule has 120 valence electrons. The van der Waals surface area contributed by atoms with E-state index in [1.165, 1.54) is 31.4 Å². The number of benzene rings is 1. The predicted octanol–water partition coefficient (Wildman–Crippen LogP) is 3.05. The van der Waals surface area contributed by atoms with E-state index in [-0.39, 0.29) is 11.7 Å². The quantitative estimate of drug-likeness (QED) is 0.853. The summed E-state index contributed by atoms with van der Waals surface area (Å²) in [7, 11) is 0. The highest BCUT2D eigenvalue weighted by atomic mass is 19.1. The van der Waals surface area contributed by atoms with Gasteiger partial charge in [-0.25, -0.2) is 4.39 Å². The molecule has 0 bridgehead atoms. The normalized spacial score (nSPS) is 22.3. The number of rotatable bonds is 4. The Kier molecular flexibility index (Phi) is 4.77. The van der Waals surface area contributed by atoms with E-state index in [9.17, 15) is 9.18 Å². The molecular weight excluding hydrogens is 279 g/mol. The molecule has 0 spiro atoms. The molecule has 1 saturated heterocycles. The average Bonchev–Trinajstić information content (AvgIpc) is 2.62. The van der Waals surface area contributed by atoms with Crippen LogP contribution in [0.1, 0.15) is 38.2 Å². The van der Waals surface area contributed by atoms with Crippen molar-refractivity contribution in [2.24, 2.45) is 5.92 Å². The van der Waals surface area contributed by atoms with E-state index in [1.807, 2.05) is 4.90 Å². The van der Waals surface area contributed by atoms with Crippen molar-refractivity contribution in [3.05, 3.63) is 35.6 Å². The molecule has 1 atom stereocenters. The maximum atomic E-state index is 13.0. The highest BCUT2D eigenvalue weighted by Gasteiger charge is 2.30. The second kappa shape index (κ2) is 6.78. The molecule has 3 rings (SSSR count). The summed E-state index contributed by atoms with van der Waals surface area (Å²) in [6.07, 6.45) is 4.63. The molecule has 1 aromatic carbocycles. The third kappa shape index (κ3) is 3.49. The van der Waals surface area contributed by atoms with Gasteiger partial charge in [-0.1, -0.05) is 18.6 Å². The predicted molar refractivity (Wildman–Crippen MR) is 84.8 cm³/mol. The van der Waals surface area contributed by atoms with Gasteiger partial charge in [-0.2, -0.15) is 0 Å². The fraction of sp³-hybridized carbons (Fsp3) is 0.611. The van der Waals surface area contributed by atoms with E-state index in [1.54, 1.807) is 12.1 Å². The van der Waals surface area contributed by atoms with Crippen LogP contribution < -0.4 is 0 Å². The van der Waals surface area contributed by atoms with Gasteiger partial charge in [0.15, 0.2) is 0 Å². The minimum absolute atomic E-state index is 0.215. The molecule has 0 N–H and O–H groups in total. The zero-order valence-electron chi connectivity index (χ0n) is 13.3. The first-order chi connectivity index (χ1) is 10.6. The lowest BCUT2D eigenvalue weighted by atomic mass is 9.80. The lowest BCUT2D eigenvalue weighted by Gasteiger charge is -2.38. The van der Waals surface area contributed by atoms with E-state index in [4.69, 9.17) is 0 Å². The Balaban J connectivity index is 1.59. The molecule has 1 aromatic rings. The van der Waals surface area contributed by atoms with Crippen molar-refractivity contribution in [3.63, 3.8) is 0 Å². The third-order valence-corrected chi connectivity index (χ3v) is 5.32. The summed E-state index contributed by atoms with van der Waals surface area (Å²) in [6.45, 7) is 5.49. The van der Waals surface area contributed by atoms with Gasteiger partial charge in [-0.3, -0.25) is 9.69 Å². The molecule has 2 aliphatic rings. The van der Waals surface area contributed by atoms with Crippen molar-refractivity contribution in [1.82, 2.24) is 9.80 Å². The van der Waals surface area contributed by atoms with Crippen LogP contribution in [0.2, 0.25) is 0 Å². The third-order valence-electron chi connectivity index (χ3n) is 5.32. The molecule has 4 heteroatoms. The van der Waals surface area contributed by atoms with E-state index in [0.717, 1.165) is 31.1 Å². The summed E-state index contributed by atoms with van der Waals surface area (Å²) < 4.78 is 13.0. The maximum absolute atomic E-state index is 13.0. The van der Waals surface area contributed by atoms with Crippen LogP contribution in [0.25, 0.3) is 0 Å². The van der Waals surface area contributed by atoms with Crippen LogP contribution in [0, 0.1) is 11.7 Å².